The van der Waals surface area contributed by atoms with Crippen LogP contribution in [0.4, 0.5) is 0 Å². The lowest BCUT2D eigenvalue weighted by Crippen LogP contribution is -2.49. The Kier molecular flexibility index (Phi) is 5.05. The molecule has 1 aromatic rings. The Bertz CT molecular complexity index is 596. The van der Waals surface area contributed by atoms with Crippen LogP contribution in [0.2, 0.25) is 0 Å². The molecule has 2 aliphatic rings. The minimum Gasteiger partial charge on any atom is -0.341 e. The van der Waals surface area contributed by atoms with Gasteiger partial charge in [0.25, 0.3) is 5.91 Å². The third-order valence-electron chi connectivity index (χ3n) is 4.97. The average Bonchev–Trinajstić information content (AvgIpc) is 3.03. The molecule has 23 heavy (non-hydrogen) atoms. The van der Waals surface area contributed by atoms with Crippen molar-refractivity contribution in [3.05, 3.63) is 34.3 Å². The summed E-state index contributed by atoms with van der Waals surface area (Å²) in [6, 6.07) is 7.12. The maximum atomic E-state index is 12.8. The predicted molar refractivity (Wildman–Crippen MR) is 93.2 cm³/mol. The van der Waals surface area contributed by atoms with Crippen LogP contribution in [0.25, 0.3) is 0 Å². The van der Waals surface area contributed by atoms with Gasteiger partial charge in [-0.3, -0.25) is 9.59 Å². The maximum absolute atomic E-state index is 12.8. The second kappa shape index (κ2) is 7.04. The Hall–Kier alpha value is -1.36. The van der Waals surface area contributed by atoms with Gasteiger partial charge in [-0.1, -0.05) is 28.9 Å². The summed E-state index contributed by atoms with van der Waals surface area (Å²) in [6.07, 6.45) is 3.82. The minimum atomic E-state index is -0.283. The maximum Gasteiger partial charge on any atom is 0.254 e. The van der Waals surface area contributed by atoms with E-state index in [-0.39, 0.29) is 17.9 Å². The molecule has 2 heterocycles. The van der Waals surface area contributed by atoms with Crippen molar-refractivity contribution in [2.24, 2.45) is 5.92 Å². The monoisotopic (exact) mass is 378 g/mol. The Morgan fingerprint density at radius 1 is 1.13 bits per heavy atom. The number of nitrogens with zero attached hydrogens (tertiary/aromatic N) is 2. The molecule has 2 aliphatic heterocycles. The van der Waals surface area contributed by atoms with Gasteiger partial charge >= 0.3 is 0 Å². The molecule has 0 radical (unpaired) electrons. The normalized spacial score (nSPS) is 22.4. The van der Waals surface area contributed by atoms with Crippen LogP contribution in [-0.2, 0) is 4.79 Å². The molecule has 2 saturated heterocycles. The molecule has 0 spiro atoms. The molecule has 4 nitrogen and oxygen atoms in total. The van der Waals surface area contributed by atoms with Crippen LogP contribution < -0.4 is 0 Å². The summed E-state index contributed by atoms with van der Waals surface area (Å²) < 4.78 is 0.885. The van der Waals surface area contributed by atoms with Crippen molar-refractivity contribution in [3.63, 3.8) is 0 Å². The second-order valence-electron chi connectivity index (χ2n) is 6.67. The van der Waals surface area contributed by atoms with E-state index in [0.717, 1.165) is 43.2 Å². The smallest absolute Gasteiger partial charge is 0.254 e. The summed E-state index contributed by atoms with van der Waals surface area (Å²) >= 11 is 3.41. The minimum absolute atomic E-state index is 0.0347. The summed E-state index contributed by atoms with van der Waals surface area (Å²) in [5.41, 5.74) is 0.645. The van der Waals surface area contributed by atoms with Gasteiger partial charge in [0.2, 0.25) is 5.91 Å². The lowest BCUT2D eigenvalue weighted by Gasteiger charge is -2.34. The molecule has 3 rings (SSSR count). The van der Waals surface area contributed by atoms with Gasteiger partial charge in [-0.25, -0.2) is 0 Å². The van der Waals surface area contributed by atoms with Gasteiger partial charge in [0.1, 0.15) is 6.04 Å². The Morgan fingerprint density at radius 2 is 1.87 bits per heavy atom. The van der Waals surface area contributed by atoms with Crippen LogP contribution >= 0.6 is 15.9 Å². The Balaban J connectivity index is 1.72. The summed E-state index contributed by atoms with van der Waals surface area (Å²) in [6.45, 7) is 4.57. The van der Waals surface area contributed by atoms with Crippen LogP contribution in [0, 0.1) is 5.92 Å². The third kappa shape index (κ3) is 3.60. The second-order valence-corrected chi connectivity index (χ2v) is 7.59. The number of halogens is 1. The number of carbonyl (C=O) groups is 2. The summed E-state index contributed by atoms with van der Waals surface area (Å²) in [4.78, 5) is 29.3. The van der Waals surface area contributed by atoms with Crippen molar-refractivity contribution in [1.82, 2.24) is 9.80 Å². The fourth-order valence-electron chi connectivity index (χ4n) is 3.49. The first kappa shape index (κ1) is 16.5. The number of hydrogen-bond acceptors (Lipinski definition) is 2. The van der Waals surface area contributed by atoms with E-state index in [1.165, 1.54) is 0 Å². The van der Waals surface area contributed by atoms with Crippen molar-refractivity contribution in [2.45, 2.75) is 38.6 Å². The van der Waals surface area contributed by atoms with Crippen LogP contribution in [0.3, 0.4) is 0 Å². The van der Waals surface area contributed by atoms with Crippen molar-refractivity contribution in [1.29, 1.82) is 0 Å². The molecule has 0 aliphatic carbocycles. The Labute approximate surface area is 146 Å². The summed E-state index contributed by atoms with van der Waals surface area (Å²) in [5, 5.41) is 0. The highest BCUT2D eigenvalue weighted by Gasteiger charge is 2.37. The van der Waals surface area contributed by atoms with Crippen LogP contribution in [-0.4, -0.2) is 47.3 Å². The SMILES string of the molecule is CC1CCN(C(=O)[C@@H]2CCCN2C(=O)c2cccc(Br)c2)CC1. The molecule has 2 fully saturated rings. The summed E-state index contributed by atoms with van der Waals surface area (Å²) in [5.74, 6) is 0.798. The molecule has 1 atom stereocenters. The van der Waals surface area contributed by atoms with E-state index in [2.05, 4.69) is 22.9 Å². The van der Waals surface area contributed by atoms with E-state index in [9.17, 15) is 9.59 Å². The molecule has 2 amide bonds. The highest BCUT2D eigenvalue weighted by Crippen LogP contribution is 2.25. The van der Waals surface area contributed by atoms with Crippen molar-refractivity contribution in [3.8, 4) is 0 Å². The van der Waals surface area contributed by atoms with Crippen molar-refractivity contribution in [2.75, 3.05) is 19.6 Å². The number of piperidine rings is 1. The van der Waals surface area contributed by atoms with Gasteiger partial charge in [0, 0.05) is 29.7 Å². The molecule has 0 N–H and O–H groups in total. The highest BCUT2D eigenvalue weighted by atomic mass is 79.9. The van der Waals surface area contributed by atoms with E-state index >= 15 is 0 Å². The average molecular weight is 379 g/mol. The van der Waals surface area contributed by atoms with Gasteiger partial charge in [-0.05, 0) is 49.8 Å². The molecular formula is C18H23BrN2O2. The highest BCUT2D eigenvalue weighted by molar-refractivity contribution is 9.10. The van der Waals surface area contributed by atoms with Crippen LogP contribution in [0.1, 0.15) is 43.0 Å². The molecule has 5 heteroatoms. The first-order chi connectivity index (χ1) is 11.1. The van der Waals surface area contributed by atoms with Crippen LogP contribution in [0.15, 0.2) is 28.7 Å². The van der Waals surface area contributed by atoms with Gasteiger partial charge in [0.05, 0.1) is 0 Å². The zero-order chi connectivity index (χ0) is 16.4. The van der Waals surface area contributed by atoms with Gasteiger partial charge < -0.3 is 9.80 Å². The molecular weight excluding hydrogens is 356 g/mol. The van der Waals surface area contributed by atoms with Gasteiger partial charge in [-0.2, -0.15) is 0 Å². The molecule has 0 bridgehead atoms. The number of benzene rings is 1. The topological polar surface area (TPSA) is 40.6 Å². The first-order valence-corrected chi connectivity index (χ1v) is 9.21. The van der Waals surface area contributed by atoms with E-state index in [0.29, 0.717) is 18.0 Å². The quantitative estimate of drug-likeness (QED) is 0.791. The molecule has 1 aromatic carbocycles. The number of amides is 2. The zero-order valence-corrected chi connectivity index (χ0v) is 15.1. The Morgan fingerprint density at radius 3 is 2.57 bits per heavy atom. The fourth-order valence-corrected chi connectivity index (χ4v) is 3.89. The molecule has 0 saturated carbocycles. The standard InChI is InChI=1S/C18H23BrN2O2/c1-13-7-10-20(11-8-13)18(23)16-6-3-9-21(16)17(22)14-4-2-5-15(19)12-14/h2,4-5,12-13,16H,3,6-11H2,1H3/t16-/m0/s1. The van der Waals surface area contributed by atoms with E-state index in [1.54, 1.807) is 4.90 Å². The van der Waals surface area contributed by atoms with Gasteiger partial charge in [0.15, 0.2) is 0 Å². The first-order valence-electron chi connectivity index (χ1n) is 8.41. The number of rotatable bonds is 2. The third-order valence-corrected chi connectivity index (χ3v) is 5.46. The summed E-state index contributed by atoms with van der Waals surface area (Å²) in [7, 11) is 0. The van der Waals surface area contributed by atoms with Crippen molar-refractivity contribution >= 4 is 27.7 Å². The van der Waals surface area contributed by atoms with E-state index in [1.807, 2.05) is 29.2 Å². The molecule has 124 valence electrons. The molecule has 0 unspecified atom stereocenters. The van der Waals surface area contributed by atoms with E-state index < -0.39 is 0 Å². The van der Waals surface area contributed by atoms with Crippen molar-refractivity contribution < 1.29 is 9.59 Å². The number of carbonyl (C=O) groups excluding carboxylic acids is 2. The lowest BCUT2D eigenvalue weighted by molar-refractivity contribution is -0.136. The van der Waals surface area contributed by atoms with Crippen LogP contribution in [0.5, 0.6) is 0 Å². The zero-order valence-electron chi connectivity index (χ0n) is 13.5. The van der Waals surface area contributed by atoms with Gasteiger partial charge in [-0.15, -0.1) is 0 Å². The predicted octanol–water partition coefficient (Wildman–Crippen LogP) is 3.31. The fraction of sp³-hybridized carbons (Fsp3) is 0.556. The number of hydrogen-bond donors (Lipinski definition) is 0. The molecule has 0 aromatic heterocycles. The lowest BCUT2D eigenvalue weighted by atomic mass is 9.98. The largest absolute Gasteiger partial charge is 0.341 e. The number of likely N-dealkylation sites (tertiary alicyclic amines) is 2. The van der Waals surface area contributed by atoms with E-state index in [4.69, 9.17) is 0 Å².